The monoisotopic (exact) mass is 439 g/mol. The lowest BCUT2D eigenvalue weighted by molar-refractivity contribution is -0.136. The van der Waals surface area contributed by atoms with Crippen molar-refractivity contribution in [1.82, 2.24) is 9.88 Å². The topological polar surface area (TPSA) is 77.0 Å². The molecule has 1 N–H and O–H groups in total. The molecule has 1 aliphatic carbocycles. The number of likely N-dealkylation sites (tertiary alicyclic amines) is 1. The molecule has 2 aromatic carbocycles. The number of nitrogens with zero attached hydrogens (tertiary/aromatic N) is 2. The van der Waals surface area contributed by atoms with Gasteiger partial charge in [-0.2, -0.15) is 5.26 Å². The lowest BCUT2D eigenvalue weighted by atomic mass is 9.88. The zero-order valence-electron chi connectivity index (χ0n) is 18.8. The average Bonchev–Trinajstić information content (AvgIpc) is 3.54. The van der Waals surface area contributed by atoms with Gasteiger partial charge in [-0.15, -0.1) is 0 Å². The number of fused-ring (bicyclic) bond motifs is 1. The molecule has 2 heterocycles. The average molecular weight is 440 g/mol. The number of H-pyrrole nitrogens is 1. The smallest absolute Gasteiger partial charge is 0.225 e. The second-order valence-corrected chi connectivity index (χ2v) is 9.50. The molecular formula is C28H29N3O2. The number of hydrogen-bond acceptors (Lipinski definition) is 3. The van der Waals surface area contributed by atoms with Crippen molar-refractivity contribution >= 4 is 22.6 Å². The zero-order valence-corrected chi connectivity index (χ0v) is 18.8. The summed E-state index contributed by atoms with van der Waals surface area (Å²) in [5, 5.41) is 10.3. The first kappa shape index (κ1) is 21.5. The van der Waals surface area contributed by atoms with Gasteiger partial charge in [-0.3, -0.25) is 9.59 Å². The molecule has 1 saturated carbocycles. The van der Waals surface area contributed by atoms with E-state index in [9.17, 15) is 9.59 Å². The number of aromatic amines is 1. The van der Waals surface area contributed by atoms with Crippen molar-refractivity contribution in [3.05, 3.63) is 70.9 Å². The number of piperidine rings is 1. The largest absolute Gasteiger partial charge is 0.361 e. The first-order chi connectivity index (χ1) is 16.1. The van der Waals surface area contributed by atoms with Gasteiger partial charge in [0.2, 0.25) is 5.91 Å². The molecule has 5 rings (SSSR count). The molecule has 5 heteroatoms. The van der Waals surface area contributed by atoms with Crippen molar-refractivity contribution in [1.29, 1.82) is 5.26 Å². The van der Waals surface area contributed by atoms with Gasteiger partial charge in [0.1, 0.15) is 0 Å². The fraction of sp³-hybridized carbons (Fsp3) is 0.393. The number of benzene rings is 2. The second-order valence-electron chi connectivity index (χ2n) is 9.50. The van der Waals surface area contributed by atoms with Gasteiger partial charge in [0, 0.05) is 48.1 Å². The minimum Gasteiger partial charge on any atom is -0.361 e. The fourth-order valence-electron chi connectivity index (χ4n) is 5.53. The second kappa shape index (κ2) is 9.23. The Hall–Kier alpha value is -3.39. The van der Waals surface area contributed by atoms with Crippen LogP contribution < -0.4 is 0 Å². The predicted molar refractivity (Wildman–Crippen MR) is 128 cm³/mol. The number of carbonyl (C=O) groups is 2. The van der Waals surface area contributed by atoms with Crippen LogP contribution in [0.15, 0.2) is 48.7 Å². The number of hydrogen-bond donors (Lipinski definition) is 1. The third-order valence-corrected chi connectivity index (χ3v) is 7.41. The number of nitriles is 1. The highest BCUT2D eigenvalue weighted by molar-refractivity contribution is 5.98. The summed E-state index contributed by atoms with van der Waals surface area (Å²) in [5.74, 6) is 1.06. The van der Waals surface area contributed by atoms with Crippen molar-refractivity contribution in [2.24, 2.45) is 5.92 Å². The van der Waals surface area contributed by atoms with E-state index in [0.717, 1.165) is 49.9 Å². The summed E-state index contributed by atoms with van der Waals surface area (Å²) in [6.07, 6.45) is 8.88. The van der Waals surface area contributed by atoms with Gasteiger partial charge in [0.15, 0.2) is 5.78 Å². The number of rotatable bonds is 5. The number of carbonyl (C=O) groups excluding carboxylic acids is 2. The van der Waals surface area contributed by atoms with Crippen LogP contribution in [0.25, 0.3) is 10.9 Å². The molecule has 0 unspecified atom stereocenters. The van der Waals surface area contributed by atoms with E-state index in [4.69, 9.17) is 5.26 Å². The lowest BCUT2D eigenvalue weighted by Gasteiger charge is -2.33. The Morgan fingerprint density at radius 3 is 2.58 bits per heavy atom. The van der Waals surface area contributed by atoms with Crippen LogP contribution in [0.1, 0.15) is 71.5 Å². The van der Waals surface area contributed by atoms with Gasteiger partial charge in [-0.1, -0.05) is 31.0 Å². The lowest BCUT2D eigenvalue weighted by Crippen LogP contribution is -2.40. The van der Waals surface area contributed by atoms with Crippen LogP contribution in [-0.2, 0) is 11.2 Å². The number of Topliss-reactive ketones (excluding diaryl/α,β-unsaturated/α-hetero) is 1. The summed E-state index contributed by atoms with van der Waals surface area (Å²) in [4.78, 5) is 31.1. The maximum atomic E-state index is 12.8. The highest BCUT2D eigenvalue weighted by atomic mass is 16.2. The highest BCUT2D eigenvalue weighted by Crippen LogP contribution is 2.35. The van der Waals surface area contributed by atoms with Crippen LogP contribution >= 0.6 is 0 Å². The number of amides is 1. The van der Waals surface area contributed by atoms with Crippen molar-refractivity contribution in [3.63, 3.8) is 0 Å². The van der Waals surface area contributed by atoms with Gasteiger partial charge >= 0.3 is 0 Å². The Balaban J connectivity index is 1.29. The fourth-order valence-corrected chi connectivity index (χ4v) is 5.53. The predicted octanol–water partition coefficient (Wildman–Crippen LogP) is 5.36. The SMILES string of the molecule is N#Cc1cccc(C(=O)Cc2ccc3[nH]cc(C4CCN(C(=O)C5CCCC5)CC4)c3c2)c1. The van der Waals surface area contributed by atoms with Crippen LogP contribution in [0.3, 0.4) is 0 Å². The molecule has 2 aliphatic rings. The maximum absolute atomic E-state index is 12.8. The van der Waals surface area contributed by atoms with Crippen molar-refractivity contribution < 1.29 is 9.59 Å². The normalized spacial score (nSPS) is 17.4. The molecule has 1 aromatic heterocycles. The number of ketones is 1. The van der Waals surface area contributed by atoms with Gasteiger partial charge in [0.25, 0.3) is 0 Å². The third-order valence-electron chi connectivity index (χ3n) is 7.41. The van der Waals surface area contributed by atoms with E-state index in [1.54, 1.807) is 24.3 Å². The van der Waals surface area contributed by atoms with E-state index >= 15 is 0 Å². The highest BCUT2D eigenvalue weighted by Gasteiger charge is 2.31. The third kappa shape index (κ3) is 4.43. The Morgan fingerprint density at radius 1 is 1.03 bits per heavy atom. The molecule has 0 atom stereocenters. The van der Waals surface area contributed by atoms with E-state index in [1.165, 1.54) is 23.8 Å². The van der Waals surface area contributed by atoms with Crippen LogP contribution in [0, 0.1) is 17.2 Å². The van der Waals surface area contributed by atoms with Gasteiger partial charge in [-0.25, -0.2) is 0 Å². The quantitative estimate of drug-likeness (QED) is 0.544. The minimum atomic E-state index is 0.0160. The number of aromatic nitrogens is 1. The Bertz CT molecular complexity index is 1220. The van der Waals surface area contributed by atoms with Crippen LogP contribution in [-0.4, -0.2) is 34.7 Å². The van der Waals surface area contributed by atoms with Crippen molar-refractivity contribution in [3.8, 4) is 6.07 Å². The maximum Gasteiger partial charge on any atom is 0.225 e. The first-order valence-electron chi connectivity index (χ1n) is 12.0. The molecule has 1 amide bonds. The zero-order chi connectivity index (χ0) is 22.8. The molecular weight excluding hydrogens is 410 g/mol. The van der Waals surface area contributed by atoms with E-state index in [1.807, 2.05) is 12.1 Å². The van der Waals surface area contributed by atoms with E-state index in [0.29, 0.717) is 29.4 Å². The molecule has 1 saturated heterocycles. The summed E-state index contributed by atoms with van der Waals surface area (Å²) in [6.45, 7) is 1.67. The van der Waals surface area contributed by atoms with Crippen molar-refractivity contribution in [2.45, 2.75) is 50.9 Å². The van der Waals surface area contributed by atoms with E-state index < -0.39 is 0 Å². The minimum absolute atomic E-state index is 0.0160. The summed E-state index contributed by atoms with van der Waals surface area (Å²) in [6, 6.07) is 15.2. The standard InChI is InChI=1S/C28H29N3O2/c29-17-20-4-3-7-23(14-20)27(32)16-19-8-9-26-24(15-19)25(18-30-26)21-10-12-31(13-11-21)28(33)22-5-1-2-6-22/h3-4,7-9,14-15,18,21-22,30H,1-2,5-6,10-13,16H2. The Kier molecular flexibility index (Phi) is 6.00. The van der Waals surface area contributed by atoms with E-state index in [2.05, 4.69) is 28.2 Å². The van der Waals surface area contributed by atoms with E-state index in [-0.39, 0.29) is 11.7 Å². The Labute approximate surface area is 194 Å². The first-order valence-corrected chi connectivity index (χ1v) is 12.0. The summed E-state index contributed by atoms with van der Waals surface area (Å²) in [7, 11) is 0. The molecule has 0 spiro atoms. The van der Waals surface area contributed by atoms with Gasteiger partial charge < -0.3 is 9.88 Å². The van der Waals surface area contributed by atoms with Crippen LogP contribution in [0.4, 0.5) is 0 Å². The molecule has 0 bridgehead atoms. The molecule has 1 aliphatic heterocycles. The number of nitrogens with one attached hydrogen (secondary N) is 1. The molecule has 3 aromatic rings. The molecule has 2 fully saturated rings. The van der Waals surface area contributed by atoms with Gasteiger partial charge in [-0.05, 0) is 67.0 Å². The molecule has 5 nitrogen and oxygen atoms in total. The van der Waals surface area contributed by atoms with Gasteiger partial charge in [0.05, 0.1) is 11.6 Å². The molecule has 33 heavy (non-hydrogen) atoms. The summed E-state index contributed by atoms with van der Waals surface area (Å²) < 4.78 is 0. The molecule has 168 valence electrons. The van der Waals surface area contributed by atoms with Crippen molar-refractivity contribution in [2.75, 3.05) is 13.1 Å². The molecule has 0 radical (unpaired) electrons. The Morgan fingerprint density at radius 2 is 1.82 bits per heavy atom. The van der Waals surface area contributed by atoms with Crippen LogP contribution in [0.5, 0.6) is 0 Å². The summed E-state index contributed by atoms with van der Waals surface area (Å²) >= 11 is 0. The van der Waals surface area contributed by atoms with Crippen LogP contribution in [0.2, 0.25) is 0 Å². The summed E-state index contributed by atoms with van der Waals surface area (Å²) in [5.41, 5.74) is 4.42.